The van der Waals surface area contributed by atoms with Gasteiger partial charge >= 0.3 is 48.2 Å². The van der Waals surface area contributed by atoms with Crippen LogP contribution in [0.4, 0.5) is 65.9 Å². The molecule has 0 N–H and O–H groups in total. The second kappa shape index (κ2) is 9.33. The van der Waals surface area contributed by atoms with Gasteiger partial charge in [-0.2, -0.15) is 65.9 Å². The van der Waals surface area contributed by atoms with Crippen molar-refractivity contribution >= 4 is 22.6 Å². The summed E-state index contributed by atoms with van der Waals surface area (Å²) >= 11 is 0.660. The van der Waals surface area contributed by atoms with Crippen LogP contribution < -0.4 is 0 Å². The highest BCUT2D eigenvalue weighted by molar-refractivity contribution is 14.1. The third kappa shape index (κ3) is 6.82. The lowest BCUT2D eigenvalue weighted by atomic mass is 10.3. The van der Waals surface area contributed by atoms with Gasteiger partial charge in [-0.25, -0.2) is 0 Å². The first-order valence-corrected chi connectivity index (χ1v) is 8.08. The van der Waals surface area contributed by atoms with E-state index in [2.05, 4.69) is 14.2 Å². The molecular weight excluding hydrogens is 592 g/mol. The molecule has 0 aromatic rings. The third-order valence-corrected chi connectivity index (χ3v) is 3.64. The van der Waals surface area contributed by atoms with Crippen LogP contribution in [0.1, 0.15) is 0 Å². The topological polar surface area (TPSA) is 27.7 Å². The zero-order valence-electron chi connectivity index (χ0n) is 13.4. The molecule has 0 heterocycles. The predicted octanol–water partition coefficient (Wildman–Crippen LogP) is 6.19. The van der Waals surface area contributed by atoms with E-state index in [4.69, 9.17) is 0 Å². The van der Waals surface area contributed by atoms with E-state index in [1.54, 1.807) is 0 Å². The molecule has 0 radical (unpaired) electrons. The molecule has 3 nitrogen and oxygen atoms in total. The summed E-state index contributed by atoms with van der Waals surface area (Å²) in [7, 11) is 0. The second-order valence-corrected chi connectivity index (χ2v) is 5.77. The molecular formula is C11H6F15IO3. The Balaban J connectivity index is 5.30. The van der Waals surface area contributed by atoms with E-state index in [0.717, 1.165) is 0 Å². The zero-order valence-corrected chi connectivity index (χ0v) is 15.6. The number of rotatable bonds is 12. The van der Waals surface area contributed by atoms with Crippen molar-refractivity contribution in [2.45, 2.75) is 36.1 Å². The van der Waals surface area contributed by atoms with Gasteiger partial charge in [0.05, 0.1) is 4.43 Å². The minimum absolute atomic E-state index is 0.660. The number of alkyl halides is 13. The highest BCUT2D eigenvalue weighted by atomic mass is 127. The fourth-order valence-electron chi connectivity index (χ4n) is 1.05. The Morgan fingerprint density at radius 2 is 0.900 bits per heavy atom. The molecule has 0 atom stereocenters. The molecule has 0 aliphatic rings. The lowest BCUT2D eigenvalue weighted by Crippen LogP contribution is -2.54. The highest BCUT2D eigenvalue weighted by Crippen LogP contribution is 2.43. The maximum atomic E-state index is 13.2. The molecule has 0 saturated carbocycles. The van der Waals surface area contributed by atoms with Gasteiger partial charge in [-0.3, -0.25) is 0 Å². The van der Waals surface area contributed by atoms with Gasteiger partial charge in [0.2, 0.25) is 0 Å². The average Bonchev–Trinajstić information content (AvgIpc) is 2.57. The third-order valence-electron chi connectivity index (χ3n) is 2.68. The van der Waals surface area contributed by atoms with Crippen LogP contribution in [0, 0.1) is 0 Å². The molecule has 180 valence electrons. The van der Waals surface area contributed by atoms with Gasteiger partial charge in [0.1, 0.15) is 13.2 Å². The zero-order chi connectivity index (χ0) is 24.4. The Kier molecular flexibility index (Phi) is 9.06. The van der Waals surface area contributed by atoms with Gasteiger partial charge in [-0.15, -0.1) is 0 Å². The van der Waals surface area contributed by atoms with Crippen molar-refractivity contribution in [3.05, 3.63) is 12.1 Å². The first kappa shape index (κ1) is 29.1. The molecule has 0 amide bonds. The molecule has 0 bridgehead atoms. The Morgan fingerprint density at radius 3 is 1.23 bits per heavy atom. The van der Waals surface area contributed by atoms with Crippen molar-refractivity contribution in [2.75, 3.05) is 17.6 Å². The maximum absolute atomic E-state index is 13.2. The second-order valence-electron chi connectivity index (χ2n) is 5.01. The van der Waals surface area contributed by atoms with E-state index in [1.165, 1.54) is 0 Å². The van der Waals surface area contributed by atoms with Crippen molar-refractivity contribution in [1.29, 1.82) is 0 Å². The largest absolute Gasteiger partial charge is 0.468 e. The van der Waals surface area contributed by atoms with E-state index < -0.39 is 65.8 Å². The molecule has 0 aliphatic heterocycles. The van der Waals surface area contributed by atoms with Crippen molar-refractivity contribution in [2.24, 2.45) is 0 Å². The summed E-state index contributed by atoms with van der Waals surface area (Å²) in [6, 6.07) is -3.57. The van der Waals surface area contributed by atoms with Crippen LogP contribution in [0.2, 0.25) is 0 Å². The smallest absolute Gasteiger partial charge is 0.398 e. The Morgan fingerprint density at radius 1 is 0.567 bits per heavy atom. The highest BCUT2D eigenvalue weighted by Gasteiger charge is 2.66. The standard InChI is InChI=1S/C11H6F15IO3/c12-4(13)5(14)30-11(25,26)8(19,20)3-29-10(23,24)7(17,18)2-28-9(21,22)6(15,16)1-27/h1-3H2. The van der Waals surface area contributed by atoms with Crippen molar-refractivity contribution in [3.63, 3.8) is 0 Å². The lowest BCUT2D eigenvalue weighted by molar-refractivity contribution is -0.414. The monoisotopic (exact) mass is 598 g/mol. The quantitative estimate of drug-likeness (QED) is 0.116. The van der Waals surface area contributed by atoms with E-state index >= 15 is 0 Å². The summed E-state index contributed by atoms with van der Waals surface area (Å²) in [5.41, 5.74) is 0. The normalized spacial score (nSPS) is 14.7. The van der Waals surface area contributed by atoms with Crippen LogP contribution in [0.5, 0.6) is 0 Å². The van der Waals surface area contributed by atoms with E-state index in [-0.39, 0.29) is 0 Å². The summed E-state index contributed by atoms with van der Waals surface area (Å²) in [4.78, 5) is 0. The molecule has 30 heavy (non-hydrogen) atoms. The maximum Gasteiger partial charge on any atom is 0.468 e. The van der Waals surface area contributed by atoms with Crippen molar-refractivity contribution in [3.8, 4) is 0 Å². The van der Waals surface area contributed by atoms with Crippen LogP contribution in [0.15, 0.2) is 12.1 Å². The van der Waals surface area contributed by atoms with Gasteiger partial charge in [0.15, 0.2) is 0 Å². The lowest BCUT2D eigenvalue weighted by Gasteiger charge is -2.31. The van der Waals surface area contributed by atoms with Crippen molar-refractivity contribution in [1.82, 2.24) is 0 Å². The summed E-state index contributed by atoms with van der Waals surface area (Å²) in [5, 5.41) is 0. The minimum atomic E-state index is -6.34. The Hall–Kier alpha value is -0.860. The Labute approximate surface area is 169 Å². The van der Waals surface area contributed by atoms with E-state index in [9.17, 15) is 65.9 Å². The number of ether oxygens (including phenoxy) is 3. The average molecular weight is 598 g/mol. The molecule has 0 aromatic carbocycles. The van der Waals surface area contributed by atoms with Crippen LogP contribution in [-0.4, -0.2) is 53.7 Å². The fraction of sp³-hybridized carbons (Fsp3) is 0.818. The van der Waals surface area contributed by atoms with Crippen LogP contribution in [0.25, 0.3) is 0 Å². The first-order chi connectivity index (χ1) is 13.1. The van der Waals surface area contributed by atoms with E-state index in [1.807, 2.05) is 0 Å². The summed E-state index contributed by atoms with van der Waals surface area (Å²) in [6.45, 7) is -6.72. The minimum Gasteiger partial charge on any atom is -0.398 e. The fourth-order valence-corrected chi connectivity index (χ4v) is 1.49. The molecule has 0 aliphatic carbocycles. The molecule has 19 heteroatoms. The molecule has 0 spiro atoms. The summed E-state index contributed by atoms with van der Waals surface area (Å²) in [5.74, 6) is -17.4. The first-order valence-electron chi connectivity index (χ1n) is 6.56. The summed E-state index contributed by atoms with van der Waals surface area (Å²) in [6.07, 6.45) is -22.1. The molecule has 0 rings (SSSR count). The van der Waals surface area contributed by atoms with E-state index in [0.29, 0.717) is 22.6 Å². The molecule has 0 aromatic heterocycles. The van der Waals surface area contributed by atoms with Gasteiger partial charge < -0.3 is 14.2 Å². The summed E-state index contributed by atoms with van der Waals surface area (Å²) < 4.78 is 197. The number of hydrogen-bond acceptors (Lipinski definition) is 3. The Bertz CT molecular complexity index is 617. The van der Waals surface area contributed by atoms with Crippen LogP contribution >= 0.6 is 22.6 Å². The predicted molar refractivity (Wildman–Crippen MR) is 71.9 cm³/mol. The molecule has 0 fully saturated rings. The number of hydrogen-bond donors (Lipinski definition) is 0. The SMILES string of the molecule is FC(F)=C(F)OC(F)(F)C(F)(F)COC(F)(F)C(F)(F)COC(F)(F)C(F)(F)CI. The van der Waals surface area contributed by atoms with Crippen molar-refractivity contribution < 1.29 is 80.1 Å². The van der Waals surface area contributed by atoms with Gasteiger partial charge in [-0.05, 0) is 0 Å². The van der Waals surface area contributed by atoms with Gasteiger partial charge in [-0.1, -0.05) is 22.6 Å². The molecule has 0 unspecified atom stereocenters. The van der Waals surface area contributed by atoms with Crippen LogP contribution in [0.3, 0.4) is 0 Å². The molecule has 0 saturated heterocycles. The van der Waals surface area contributed by atoms with Gasteiger partial charge in [0.25, 0.3) is 0 Å². The van der Waals surface area contributed by atoms with Crippen LogP contribution in [-0.2, 0) is 14.2 Å². The number of halogens is 16. The van der Waals surface area contributed by atoms with Gasteiger partial charge in [0, 0.05) is 0 Å².